The third-order valence-electron chi connectivity index (χ3n) is 4.29. The predicted octanol–water partition coefficient (Wildman–Crippen LogP) is 0.140. The van der Waals surface area contributed by atoms with Gasteiger partial charge in [0.05, 0.1) is 0 Å². The third kappa shape index (κ3) is 3.57. The van der Waals surface area contributed by atoms with Gasteiger partial charge < -0.3 is 14.8 Å². The average Bonchev–Trinajstić information content (AvgIpc) is 3.06. The number of aromatic nitrogens is 1. The van der Waals surface area contributed by atoms with E-state index in [1.165, 1.54) is 16.6 Å². The molecule has 3 rings (SSSR count). The smallest absolute Gasteiger partial charge is 0.270 e. The van der Waals surface area contributed by atoms with Crippen molar-refractivity contribution in [1.82, 2.24) is 19.1 Å². The van der Waals surface area contributed by atoms with E-state index in [1.807, 2.05) is 7.05 Å². The highest BCUT2D eigenvalue weighted by Crippen LogP contribution is 2.21. The summed E-state index contributed by atoms with van der Waals surface area (Å²) in [5, 5.41) is 0. The van der Waals surface area contributed by atoms with Crippen LogP contribution in [0.25, 0.3) is 0 Å². The highest BCUT2D eigenvalue weighted by molar-refractivity contribution is 7.99. The van der Waals surface area contributed by atoms with Crippen LogP contribution < -0.4 is 0 Å². The van der Waals surface area contributed by atoms with Gasteiger partial charge in [-0.3, -0.25) is 4.79 Å². The molecule has 0 bridgehead atoms. The van der Waals surface area contributed by atoms with Crippen molar-refractivity contribution >= 4 is 27.7 Å². The standard InChI is InChI=1S/C14H22N4O3S2/c1-16-2-4-17(5-3-16)14(19)13-10-12(11-15-13)23(20,21)18-6-8-22-9-7-18/h10-11,15H,2-9H2,1H3. The van der Waals surface area contributed by atoms with Crippen LogP contribution in [-0.4, -0.2) is 91.2 Å². The lowest BCUT2D eigenvalue weighted by molar-refractivity contribution is 0.0659. The number of carbonyl (C=O) groups excluding carboxylic acids is 1. The average molecular weight is 358 g/mol. The van der Waals surface area contributed by atoms with Gasteiger partial charge in [0, 0.05) is 57.0 Å². The van der Waals surface area contributed by atoms with Crippen molar-refractivity contribution in [2.24, 2.45) is 0 Å². The van der Waals surface area contributed by atoms with Crippen molar-refractivity contribution in [3.8, 4) is 0 Å². The monoisotopic (exact) mass is 358 g/mol. The van der Waals surface area contributed by atoms with Crippen molar-refractivity contribution in [3.63, 3.8) is 0 Å². The molecule has 7 nitrogen and oxygen atoms in total. The van der Waals surface area contributed by atoms with Crippen LogP contribution >= 0.6 is 11.8 Å². The van der Waals surface area contributed by atoms with Crippen molar-refractivity contribution in [1.29, 1.82) is 0 Å². The first-order chi connectivity index (χ1) is 11.0. The number of sulfonamides is 1. The summed E-state index contributed by atoms with van der Waals surface area (Å²) < 4.78 is 26.7. The molecule has 0 spiro atoms. The van der Waals surface area contributed by atoms with Gasteiger partial charge in [-0.2, -0.15) is 16.1 Å². The lowest BCUT2D eigenvalue weighted by atomic mass is 10.3. The van der Waals surface area contributed by atoms with Gasteiger partial charge in [0.25, 0.3) is 5.91 Å². The van der Waals surface area contributed by atoms with E-state index in [4.69, 9.17) is 0 Å². The van der Waals surface area contributed by atoms with E-state index in [9.17, 15) is 13.2 Å². The number of aromatic amines is 1. The minimum absolute atomic E-state index is 0.131. The fourth-order valence-electron chi connectivity index (χ4n) is 2.76. The molecule has 3 heterocycles. The Labute approximate surface area is 141 Å². The molecule has 128 valence electrons. The molecule has 0 aliphatic carbocycles. The molecule has 2 fully saturated rings. The summed E-state index contributed by atoms with van der Waals surface area (Å²) in [6.07, 6.45) is 1.43. The minimum Gasteiger partial charge on any atom is -0.356 e. The van der Waals surface area contributed by atoms with E-state index in [0.717, 1.165) is 24.6 Å². The summed E-state index contributed by atoms with van der Waals surface area (Å²) in [5.74, 6) is 1.50. The molecule has 0 atom stereocenters. The number of nitrogens with zero attached hydrogens (tertiary/aromatic N) is 3. The normalized spacial score (nSPS) is 21.5. The molecule has 2 aliphatic heterocycles. The number of likely N-dealkylation sites (N-methyl/N-ethyl adjacent to an activating group) is 1. The molecule has 0 unspecified atom stereocenters. The first-order valence-electron chi connectivity index (χ1n) is 7.72. The van der Waals surface area contributed by atoms with Crippen molar-refractivity contribution in [3.05, 3.63) is 18.0 Å². The van der Waals surface area contributed by atoms with Gasteiger partial charge in [-0.05, 0) is 13.1 Å². The highest BCUT2D eigenvalue weighted by atomic mass is 32.2. The first-order valence-corrected chi connectivity index (χ1v) is 10.3. The molecule has 23 heavy (non-hydrogen) atoms. The van der Waals surface area contributed by atoms with Crippen molar-refractivity contribution in [2.45, 2.75) is 4.90 Å². The lowest BCUT2D eigenvalue weighted by Crippen LogP contribution is -2.47. The van der Waals surface area contributed by atoms with E-state index in [1.54, 1.807) is 16.7 Å². The molecule has 1 aromatic rings. The number of carbonyl (C=O) groups is 1. The number of hydrogen-bond donors (Lipinski definition) is 1. The van der Waals surface area contributed by atoms with Gasteiger partial charge in [-0.25, -0.2) is 8.42 Å². The van der Waals surface area contributed by atoms with Crippen LogP contribution in [0, 0.1) is 0 Å². The number of H-pyrrole nitrogens is 1. The van der Waals surface area contributed by atoms with Gasteiger partial charge in [0.2, 0.25) is 10.0 Å². The molecule has 2 aliphatic rings. The second-order valence-corrected chi connectivity index (χ2v) is 9.02. The fourth-order valence-corrected chi connectivity index (χ4v) is 5.33. The van der Waals surface area contributed by atoms with Crippen LogP contribution in [0.1, 0.15) is 10.5 Å². The molecule has 1 N–H and O–H groups in total. The van der Waals surface area contributed by atoms with E-state index in [-0.39, 0.29) is 10.8 Å². The van der Waals surface area contributed by atoms with Crippen LogP contribution in [0.4, 0.5) is 0 Å². The number of amides is 1. The zero-order chi connectivity index (χ0) is 16.4. The topological polar surface area (TPSA) is 76.7 Å². The molecule has 1 aromatic heterocycles. The summed E-state index contributed by atoms with van der Waals surface area (Å²) in [6.45, 7) is 4.06. The third-order valence-corrected chi connectivity index (χ3v) is 7.10. The second kappa shape index (κ2) is 6.84. The number of piperazine rings is 1. The zero-order valence-corrected chi connectivity index (χ0v) is 14.8. The molecule has 0 aromatic carbocycles. The van der Waals surface area contributed by atoms with Crippen LogP contribution in [0.2, 0.25) is 0 Å². The Kier molecular flexibility index (Phi) is 5.00. The van der Waals surface area contributed by atoms with E-state index in [2.05, 4.69) is 9.88 Å². The van der Waals surface area contributed by atoms with Crippen molar-refractivity contribution < 1.29 is 13.2 Å². The quantitative estimate of drug-likeness (QED) is 0.832. The highest BCUT2D eigenvalue weighted by Gasteiger charge is 2.29. The summed E-state index contributed by atoms with van der Waals surface area (Å²) >= 11 is 1.76. The largest absolute Gasteiger partial charge is 0.356 e. The maximum atomic E-state index is 12.6. The Balaban J connectivity index is 1.73. The molecule has 2 saturated heterocycles. The van der Waals surface area contributed by atoms with Gasteiger partial charge in [-0.1, -0.05) is 0 Å². The van der Waals surface area contributed by atoms with E-state index >= 15 is 0 Å². The number of rotatable bonds is 3. The lowest BCUT2D eigenvalue weighted by Gasteiger charge is -2.32. The van der Waals surface area contributed by atoms with E-state index in [0.29, 0.717) is 31.9 Å². The summed E-state index contributed by atoms with van der Waals surface area (Å²) in [6, 6.07) is 1.47. The summed E-state index contributed by atoms with van der Waals surface area (Å²) in [4.78, 5) is 19.4. The van der Waals surface area contributed by atoms with Crippen LogP contribution in [0.3, 0.4) is 0 Å². The van der Waals surface area contributed by atoms with Gasteiger partial charge in [-0.15, -0.1) is 0 Å². The Bertz CT molecular complexity index is 659. The molecular weight excluding hydrogens is 336 g/mol. The maximum absolute atomic E-state index is 12.6. The Morgan fingerprint density at radius 3 is 2.43 bits per heavy atom. The number of hydrogen-bond acceptors (Lipinski definition) is 5. The van der Waals surface area contributed by atoms with Crippen LogP contribution in [0.15, 0.2) is 17.2 Å². The van der Waals surface area contributed by atoms with Crippen LogP contribution in [-0.2, 0) is 10.0 Å². The predicted molar refractivity (Wildman–Crippen MR) is 90.3 cm³/mol. The number of nitrogens with one attached hydrogen (secondary N) is 1. The maximum Gasteiger partial charge on any atom is 0.270 e. The Morgan fingerprint density at radius 1 is 1.13 bits per heavy atom. The molecular formula is C14H22N4O3S2. The summed E-state index contributed by atoms with van der Waals surface area (Å²) in [7, 11) is -1.48. The van der Waals surface area contributed by atoms with Crippen molar-refractivity contribution in [2.75, 3.05) is 57.8 Å². The summed E-state index contributed by atoms with van der Waals surface area (Å²) in [5.41, 5.74) is 0.347. The SMILES string of the molecule is CN1CCN(C(=O)c2cc(S(=O)(=O)N3CCSCC3)c[nH]2)CC1. The minimum atomic E-state index is -3.50. The van der Waals surface area contributed by atoms with Gasteiger partial charge in [0.15, 0.2) is 0 Å². The zero-order valence-electron chi connectivity index (χ0n) is 13.2. The molecule has 0 radical (unpaired) electrons. The molecule has 0 saturated carbocycles. The first kappa shape index (κ1) is 16.8. The van der Waals surface area contributed by atoms with Gasteiger partial charge >= 0.3 is 0 Å². The van der Waals surface area contributed by atoms with E-state index < -0.39 is 10.0 Å². The number of thioether (sulfide) groups is 1. The fraction of sp³-hybridized carbons (Fsp3) is 0.643. The molecule has 1 amide bonds. The second-order valence-electron chi connectivity index (χ2n) is 5.86. The molecule has 9 heteroatoms. The Hall–Kier alpha value is -1.03. The Morgan fingerprint density at radius 2 is 1.78 bits per heavy atom. The van der Waals surface area contributed by atoms with Gasteiger partial charge in [0.1, 0.15) is 10.6 Å². The van der Waals surface area contributed by atoms with Crippen LogP contribution in [0.5, 0.6) is 0 Å².